The predicted octanol–water partition coefficient (Wildman–Crippen LogP) is 6.33. The van der Waals surface area contributed by atoms with Crippen LogP contribution in [-0.4, -0.2) is 38.7 Å². The smallest absolute Gasteiger partial charge is 0.313 e. The molecule has 1 aliphatic rings. The van der Waals surface area contributed by atoms with Crippen molar-refractivity contribution in [3.05, 3.63) is 87.4 Å². The molecule has 0 radical (unpaired) electrons. The van der Waals surface area contributed by atoms with Crippen molar-refractivity contribution in [2.24, 2.45) is 0 Å². The number of esters is 1. The number of carbonyl (C=O) groups is 2. The molecule has 3 aromatic carbocycles. The largest absolute Gasteiger partial charge is 0.493 e. The summed E-state index contributed by atoms with van der Waals surface area (Å²) in [5, 5.41) is 3.86. The molecule has 37 heavy (non-hydrogen) atoms. The van der Waals surface area contributed by atoms with Crippen molar-refractivity contribution >= 4 is 35.1 Å². The summed E-state index contributed by atoms with van der Waals surface area (Å²) in [4.78, 5) is 25.0. The molecule has 1 heterocycles. The maximum Gasteiger partial charge on any atom is 0.313 e. The lowest BCUT2D eigenvalue weighted by molar-refractivity contribution is -0.145. The number of halogens is 2. The Labute approximate surface area is 225 Å². The highest BCUT2D eigenvalue weighted by Crippen LogP contribution is 2.42. The van der Waals surface area contributed by atoms with Crippen LogP contribution >= 0.6 is 23.2 Å². The van der Waals surface area contributed by atoms with E-state index in [0.29, 0.717) is 64.6 Å². The molecule has 7 nitrogen and oxygen atoms in total. The normalized spacial score (nSPS) is 15.2. The molecule has 0 saturated heterocycles. The lowest BCUT2D eigenvalue weighted by Gasteiger charge is -2.25. The Morgan fingerprint density at radius 2 is 1.81 bits per heavy atom. The van der Waals surface area contributed by atoms with Gasteiger partial charge in [-0.25, -0.2) is 0 Å². The van der Waals surface area contributed by atoms with Gasteiger partial charge in [0.15, 0.2) is 0 Å². The van der Waals surface area contributed by atoms with Crippen LogP contribution in [0.5, 0.6) is 17.2 Å². The van der Waals surface area contributed by atoms with E-state index in [1.807, 2.05) is 12.1 Å². The molecule has 0 fully saturated rings. The monoisotopic (exact) mass is 543 g/mol. The van der Waals surface area contributed by atoms with E-state index in [1.54, 1.807) is 62.6 Å². The van der Waals surface area contributed by atoms with Crippen LogP contribution in [0.25, 0.3) is 0 Å². The molecule has 0 saturated carbocycles. The fourth-order valence-corrected chi connectivity index (χ4v) is 4.40. The molecule has 2 atom stereocenters. The molecule has 2 unspecified atom stereocenters. The lowest BCUT2D eigenvalue weighted by Crippen LogP contribution is -2.29. The number of hydrogen-bond acceptors (Lipinski definition) is 6. The third-order valence-corrected chi connectivity index (χ3v) is 6.54. The van der Waals surface area contributed by atoms with E-state index in [4.69, 9.17) is 42.1 Å². The molecule has 0 aromatic heterocycles. The minimum absolute atomic E-state index is 0.243. The second kappa shape index (κ2) is 12.3. The fraction of sp³-hybridized carbons (Fsp3) is 0.286. The van der Waals surface area contributed by atoms with Gasteiger partial charge in [-0.2, -0.15) is 0 Å². The van der Waals surface area contributed by atoms with Gasteiger partial charge in [0.1, 0.15) is 17.2 Å². The standard InChI is InChI=1S/C28H27Cl2NO6/c1-3-35-28(33)21-12-13-36-24-15-25(23(30)14-22(21)24)37-20-10-6-18(7-11-20)27(32)31-16-26(34-2)17-4-8-19(29)9-5-17/h4-11,14-15,21,26H,3,12-13,16H2,1-2H3,(H,31,32). The summed E-state index contributed by atoms with van der Waals surface area (Å²) in [5.41, 5.74) is 2.06. The van der Waals surface area contributed by atoms with Crippen LogP contribution in [0.15, 0.2) is 60.7 Å². The third-order valence-electron chi connectivity index (χ3n) is 5.99. The first-order chi connectivity index (χ1) is 17.9. The van der Waals surface area contributed by atoms with Gasteiger partial charge in [0.05, 0.1) is 30.3 Å². The van der Waals surface area contributed by atoms with Crippen LogP contribution in [0.1, 0.15) is 46.9 Å². The van der Waals surface area contributed by atoms with Crippen molar-refractivity contribution in [2.45, 2.75) is 25.4 Å². The van der Waals surface area contributed by atoms with Crippen LogP contribution in [-0.2, 0) is 14.3 Å². The molecular formula is C28H27Cl2NO6. The maximum atomic E-state index is 12.7. The number of hydrogen-bond donors (Lipinski definition) is 1. The number of nitrogens with one attached hydrogen (secondary N) is 1. The highest BCUT2D eigenvalue weighted by atomic mass is 35.5. The minimum Gasteiger partial charge on any atom is -0.493 e. The average Bonchev–Trinajstić information content (AvgIpc) is 2.90. The first-order valence-electron chi connectivity index (χ1n) is 11.9. The van der Waals surface area contributed by atoms with Gasteiger partial charge < -0.3 is 24.3 Å². The molecule has 0 spiro atoms. The topological polar surface area (TPSA) is 83.1 Å². The molecule has 1 aliphatic heterocycles. The van der Waals surface area contributed by atoms with Crippen molar-refractivity contribution in [3.63, 3.8) is 0 Å². The number of carbonyl (C=O) groups excluding carboxylic acids is 2. The van der Waals surface area contributed by atoms with E-state index < -0.39 is 5.92 Å². The molecule has 1 N–H and O–H groups in total. The molecule has 1 amide bonds. The van der Waals surface area contributed by atoms with E-state index in [1.165, 1.54) is 0 Å². The fourth-order valence-electron chi connectivity index (χ4n) is 4.06. The van der Waals surface area contributed by atoms with Gasteiger partial charge in [0.25, 0.3) is 5.91 Å². The van der Waals surface area contributed by atoms with Crippen LogP contribution in [0.2, 0.25) is 10.0 Å². The molecular weight excluding hydrogens is 517 g/mol. The van der Waals surface area contributed by atoms with Crippen LogP contribution in [0, 0.1) is 0 Å². The van der Waals surface area contributed by atoms with Gasteiger partial charge in [0, 0.05) is 35.9 Å². The first kappa shape index (κ1) is 26.8. The van der Waals surface area contributed by atoms with E-state index in [9.17, 15) is 9.59 Å². The highest BCUT2D eigenvalue weighted by Gasteiger charge is 2.30. The Morgan fingerprint density at radius 3 is 2.49 bits per heavy atom. The number of rotatable bonds is 9. The zero-order valence-electron chi connectivity index (χ0n) is 20.5. The summed E-state index contributed by atoms with van der Waals surface area (Å²) in [6.07, 6.45) is 0.220. The van der Waals surface area contributed by atoms with Crippen LogP contribution < -0.4 is 14.8 Å². The van der Waals surface area contributed by atoms with Gasteiger partial charge in [-0.15, -0.1) is 0 Å². The van der Waals surface area contributed by atoms with Gasteiger partial charge in [0.2, 0.25) is 0 Å². The molecule has 0 aliphatic carbocycles. The molecule has 0 bridgehead atoms. The zero-order valence-corrected chi connectivity index (χ0v) is 22.0. The van der Waals surface area contributed by atoms with E-state index in [2.05, 4.69) is 5.32 Å². The average molecular weight is 544 g/mol. The van der Waals surface area contributed by atoms with Crippen molar-refractivity contribution in [1.82, 2.24) is 5.32 Å². The zero-order chi connectivity index (χ0) is 26.4. The summed E-state index contributed by atoms with van der Waals surface area (Å²) < 4.78 is 22.4. The number of fused-ring (bicyclic) bond motifs is 1. The second-order valence-electron chi connectivity index (χ2n) is 8.37. The Bertz CT molecular complexity index is 1250. The molecule has 3 aromatic rings. The van der Waals surface area contributed by atoms with Gasteiger partial charge in [-0.1, -0.05) is 35.3 Å². The Hall–Kier alpha value is -3.26. The Morgan fingerprint density at radius 1 is 1.08 bits per heavy atom. The van der Waals surface area contributed by atoms with E-state index in [0.717, 1.165) is 5.56 Å². The van der Waals surface area contributed by atoms with Gasteiger partial charge in [-0.3, -0.25) is 9.59 Å². The summed E-state index contributed by atoms with van der Waals surface area (Å²) in [5.74, 6) is 0.446. The van der Waals surface area contributed by atoms with Crippen molar-refractivity contribution in [3.8, 4) is 17.2 Å². The van der Waals surface area contributed by atoms with Crippen molar-refractivity contribution in [1.29, 1.82) is 0 Å². The summed E-state index contributed by atoms with van der Waals surface area (Å²) >= 11 is 12.4. The SMILES string of the molecule is CCOC(=O)C1CCOc2cc(Oc3ccc(C(=O)NCC(OC)c4ccc(Cl)cc4)cc3)c(Cl)cc21. The first-order valence-corrected chi connectivity index (χ1v) is 12.6. The predicted molar refractivity (Wildman–Crippen MR) is 141 cm³/mol. The summed E-state index contributed by atoms with van der Waals surface area (Å²) in [6, 6.07) is 17.3. The van der Waals surface area contributed by atoms with E-state index >= 15 is 0 Å². The highest BCUT2D eigenvalue weighted by molar-refractivity contribution is 6.32. The second-order valence-corrected chi connectivity index (χ2v) is 9.22. The Kier molecular flexibility index (Phi) is 8.92. The maximum absolute atomic E-state index is 12.7. The van der Waals surface area contributed by atoms with Gasteiger partial charge in [-0.05, 0) is 61.4 Å². The molecule has 194 valence electrons. The number of benzene rings is 3. The number of amides is 1. The van der Waals surface area contributed by atoms with Crippen molar-refractivity contribution in [2.75, 3.05) is 26.9 Å². The molecule has 4 rings (SSSR count). The minimum atomic E-state index is -0.426. The third kappa shape index (κ3) is 6.55. The summed E-state index contributed by atoms with van der Waals surface area (Å²) in [7, 11) is 1.59. The van der Waals surface area contributed by atoms with Crippen LogP contribution in [0.3, 0.4) is 0 Å². The van der Waals surface area contributed by atoms with Gasteiger partial charge >= 0.3 is 5.97 Å². The Balaban J connectivity index is 1.40. The summed E-state index contributed by atoms with van der Waals surface area (Å²) in [6.45, 7) is 2.77. The molecule has 9 heteroatoms. The van der Waals surface area contributed by atoms with E-state index in [-0.39, 0.29) is 18.0 Å². The quantitative estimate of drug-likeness (QED) is 0.317. The lowest BCUT2D eigenvalue weighted by atomic mass is 9.93. The number of ether oxygens (including phenoxy) is 4. The van der Waals surface area contributed by atoms with Crippen molar-refractivity contribution < 1.29 is 28.5 Å². The van der Waals surface area contributed by atoms with Crippen LogP contribution in [0.4, 0.5) is 0 Å². The number of methoxy groups -OCH3 is 1.